The summed E-state index contributed by atoms with van der Waals surface area (Å²) in [6.07, 6.45) is 0.0902. The van der Waals surface area contributed by atoms with E-state index in [0.717, 1.165) is 16.8 Å². The molecule has 128 valence electrons. The number of carbonyl (C=O) groups excluding carboxylic acids is 3. The van der Waals surface area contributed by atoms with E-state index < -0.39 is 17.8 Å². The Morgan fingerprint density at radius 2 is 1.84 bits per heavy atom. The van der Waals surface area contributed by atoms with E-state index >= 15 is 0 Å². The summed E-state index contributed by atoms with van der Waals surface area (Å²) >= 11 is 0. The zero-order valence-electron chi connectivity index (χ0n) is 13.8. The van der Waals surface area contributed by atoms with Gasteiger partial charge in [0.05, 0.1) is 5.92 Å². The van der Waals surface area contributed by atoms with Crippen LogP contribution in [0.15, 0.2) is 48.5 Å². The van der Waals surface area contributed by atoms with Crippen LogP contribution >= 0.6 is 0 Å². The molecule has 1 heterocycles. The fourth-order valence-electron chi connectivity index (χ4n) is 2.87. The van der Waals surface area contributed by atoms with E-state index in [9.17, 15) is 14.4 Å². The minimum absolute atomic E-state index is 0.0700. The van der Waals surface area contributed by atoms with Gasteiger partial charge in [-0.15, -0.1) is 0 Å². The molecule has 1 aliphatic rings. The molecule has 0 aromatic heterocycles. The van der Waals surface area contributed by atoms with E-state index in [1.165, 1.54) is 0 Å². The summed E-state index contributed by atoms with van der Waals surface area (Å²) < 4.78 is 5.38. The lowest BCUT2D eigenvalue weighted by Crippen LogP contribution is -2.36. The van der Waals surface area contributed by atoms with Crippen molar-refractivity contribution in [3.63, 3.8) is 0 Å². The highest BCUT2D eigenvalue weighted by Gasteiger charge is 2.34. The third-order valence-corrected chi connectivity index (χ3v) is 4.33. The molecule has 3 rings (SSSR count). The number of fused-ring (bicyclic) bond motifs is 1. The van der Waals surface area contributed by atoms with Crippen molar-refractivity contribution in [2.75, 3.05) is 11.9 Å². The second-order valence-corrected chi connectivity index (χ2v) is 5.94. The van der Waals surface area contributed by atoms with Crippen molar-refractivity contribution in [1.29, 1.82) is 0 Å². The second kappa shape index (κ2) is 6.76. The van der Waals surface area contributed by atoms with Crippen LogP contribution in [0.2, 0.25) is 0 Å². The van der Waals surface area contributed by atoms with Crippen molar-refractivity contribution >= 4 is 23.5 Å². The van der Waals surface area contributed by atoms with Gasteiger partial charge in [0.2, 0.25) is 11.8 Å². The Labute approximate surface area is 145 Å². The highest BCUT2D eigenvalue weighted by molar-refractivity contribution is 6.01. The van der Waals surface area contributed by atoms with Crippen molar-refractivity contribution in [1.82, 2.24) is 0 Å². The topological polar surface area (TPSA) is 89.7 Å². The Morgan fingerprint density at radius 1 is 1.16 bits per heavy atom. The molecule has 1 atom stereocenters. The first-order chi connectivity index (χ1) is 12.0. The van der Waals surface area contributed by atoms with Gasteiger partial charge in [0, 0.05) is 24.7 Å². The molecule has 0 saturated heterocycles. The molecule has 0 saturated carbocycles. The average Bonchev–Trinajstić information content (AvgIpc) is 2.63. The van der Waals surface area contributed by atoms with Gasteiger partial charge in [-0.1, -0.05) is 30.3 Å². The number of nitrogens with zero attached hydrogens (tertiary/aromatic N) is 1. The van der Waals surface area contributed by atoms with Crippen LogP contribution in [-0.2, 0) is 20.9 Å². The van der Waals surface area contributed by atoms with Crippen LogP contribution in [0.25, 0.3) is 0 Å². The monoisotopic (exact) mass is 338 g/mol. The number of para-hydroxylation sites is 1. The fourth-order valence-corrected chi connectivity index (χ4v) is 2.87. The van der Waals surface area contributed by atoms with E-state index in [1.54, 1.807) is 36.2 Å². The van der Waals surface area contributed by atoms with Gasteiger partial charge in [-0.25, -0.2) is 0 Å². The minimum Gasteiger partial charge on any atom is -0.460 e. The molecule has 1 unspecified atom stereocenters. The molecule has 25 heavy (non-hydrogen) atoms. The maximum atomic E-state index is 12.5. The Bertz CT molecular complexity index is 830. The minimum atomic E-state index is -0.607. The molecule has 0 radical (unpaired) electrons. The lowest BCUT2D eigenvalue weighted by atomic mass is 9.90. The van der Waals surface area contributed by atoms with Crippen molar-refractivity contribution in [2.45, 2.75) is 18.9 Å². The molecule has 0 spiro atoms. The van der Waals surface area contributed by atoms with Crippen molar-refractivity contribution < 1.29 is 19.1 Å². The molecule has 6 heteroatoms. The van der Waals surface area contributed by atoms with Gasteiger partial charge in [0.25, 0.3) is 0 Å². The zero-order chi connectivity index (χ0) is 18.0. The van der Waals surface area contributed by atoms with Gasteiger partial charge in [-0.2, -0.15) is 0 Å². The maximum Gasteiger partial charge on any atom is 0.314 e. The Morgan fingerprint density at radius 3 is 2.52 bits per heavy atom. The van der Waals surface area contributed by atoms with Crippen LogP contribution in [-0.4, -0.2) is 24.8 Å². The molecule has 2 amide bonds. The number of ether oxygens (including phenoxy) is 1. The predicted octanol–water partition coefficient (Wildman–Crippen LogP) is 1.98. The standard InChI is InChI=1S/C19H18N2O4/c1-21-16-5-3-2-4-14(16)15(10-17(21)22)19(24)25-11-12-6-8-13(9-7-12)18(20)23/h2-9,15H,10-11H2,1H3,(H2,20,23). The Kier molecular flexibility index (Phi) is 4.52. The van der Waals surface area contributed by atoms with Crippen LogP contribution in [0.4, 0.5) is 5.69 Å². The SMILES string of the molecule is CN1C(=O)CC(C(=O)OCc2ccc(C(N)=O)cc2)c2ccccc21. The van der Waals surface area contributed by atoms with Crippen LogP contribution in [0, 0.1) is 0 Å². The van der Waals surface area contributed by atoms with Crippen molar-refractivity contribution in [3.05, 3.63) is 65.2 Å². The number of hydrogen-bond acceptors (Lipinski definition) is 4. The first kappa shape index (κ1) is 16.7. The maximum absolute atomic E-state index is 12.5. The number of anilines is 1. The summed E-state index contributed by atoms with van der Waals surface area (Å²) in [6, 6.07) is 13.9. The first-order valence-electron chi connectivity index (χ1n) is 7.88. The van der Waals surface area contributed by atoms with Gasteiger partial charge in [-0.3, -0.25) is 14.4 Å². The lowest BCUT2D eigenvalue weighted by Gasteiger charge is -2.30. The van der Waals surface area contributed by atoms with E-state index in [0.29, 0.717) is 5.56 Å². The van der Waals surface area contributed by atoms with E-state index in [4.69, 9.17) is 10.5 Å². The fraction of sp³-hybridized carbons (Fsp3) is 0.211. The van der Waals surface area contributed by atoms with Crippen LogP contribution in [0.3, 0.4) is 0 Å². The summed E-state index contributed by atoms with van der Waals surface area (Å²) in [5.41, 5.74) is 7.85. The molecule has 1 aliphatic heterocycles. The van der Waals surface area contributed by atoms with Gasteiger partial charge < -0.3 is 15.4 Å². The van der Waals surface area contributed by atoms with Crippen LogP contribution < -0.4 is 10.6 Å². The Hall–Kier alpha value is -3.15. The molecule has 2 aromatic rings. The van der Waals surface area contributed by atoms with Gasteiger partial charge in [0.15, 0.2) is 0 Å². The summed E-state index contributed by atoms with van der Waals surface area (Å²) in [4.78, 5) is 37.2. The molecular weight excluding hydrogens is 320 g/mol. The van der Waals surface area contributed by atoms with Gasteiger partial charge in [-0.05, 0) is 29.3 Å². The highest BCUT2D eigenvalue weighted by Crippen LogP contribution is 2.35. The number of primary amides is 1. The quantitative estimate of drug-likeness (QED) is 0.863. The molecule has 0 bridgehead atoms. The Balaban J connectivity index is 1.72. The lowest BCUT2D eigenvalue weighted by molar-refractivity contribution is -0.148. The smallest absolute Gasteiger partial charge is 0.314 e. The van der Waals surface area contributed by atoms with Crippen LogP contribution in [0.5, 0.6) is 0 Å². The average molecular weight is 338 g/mol. The molecule has 0 fully saturated rings. The molecule has 6 nitrogen and oxygen atoms in total. The van der Waals surface area contributed by atoms with Crippen molar-refractivity contribution in [3.8, 4) is 0 Å². The number of nitrogens with two attached hydrogens (primary N) is 1. The predicted molar refractivity (Wildman–Crippen MR) is 92.0 cm³/mol. The number of hydrogen-bond donors (Lipinski definition) is 1. The van der Waals surface area contributed by atoms with Gasteiger partial charge in [0.1, 0.15) is 6.61 Å². The molecule has 2 aromatic carbocycles. The third kappa shape index (κ3) is 3.38. The number of benzene rings is 2. The number of amides is 2. The summed E-state index contributed by atoms with van der Waals surface area (Å²) in [6.45, 7) is 0.0700. The summed E-state index contributed by atoms with van der Waals surface area (Å²) in [5, 5.41) is 0. The van der Waals surface area contributed by atoms with Crippen molar-refractivity contribution in [2.24, 2.45) is 5.73 Å². The molecular formula is C19H18N2O4. The highest BCUT2D eigenvalue weighted by atomic mass is 16.5. The van der Waals surface area contributed by atoms with E-state index in [-0.39, 0.29) is 18.9 Å². The molecule has 2 N–H and O–H groups in total. The van der Waals surface area contributed by atoms with E-state index in [2.05, 4.69) is 0 Å². The van der Waals surface area contributed by atoms with Gasteiger partial charge >= 0.3 is 5.97 Å². The van der Waals surface area contributed by atoms with E-state index in [1.807, 2.05) is 24.3 Å². The van der Waals surface area contributed by atoms with Crippen LogP contribution in [0.1, 0.15) is 33.8 Å². The zero-order valence-corrected chi connectivity index (χ0v) is 13.8. The largest absolute Gasteiger partial charge is 0.460 e. The summed E-state index contributed by atoms with van der Waals surface area (Å²) in [5.74, 6) is -1.67. The second-order valence-electron chi connectivity index (χ2n) is 5.94. The third-order valence-electron chi connectivity index (χ3n) is 4.33. The normalized spacial score (nSPS) is 16.3. The number of carbonyl (C=O) groups is 3. The summed E-state index contributed by atoms with van der Waals surface area (Å²) in [7, 11) is 1.70. The number of esters is 1. The number of rotatable bonds is 4. The molecule has 0 aliphatic carbocycles. The first-order valence-corrected chi connectivity index (χ1v) is 7.88.